The van der Waals surface area contributed by atoms with Gasteiger partial charge in [-0.1, -0.05) is 42.5 Å². The molecule has 2 aromatic carbocycles. The Labute approximate surface area is 131 Å². The van der Waals surface area contributed by atoms with E-state index >= 15 is 0 Å². The van der Waals surface area contributed by atoms with E-state index in [0.29, 0.717) is 6.61 Å². The van der Waals surface area contributed by atoms with Crippen molar-refractivity contribution in [2.24, 2.45) is 0 Å². The van der Waals surface area contributed by atoms with E-state index in [2.05, 4.69) is 5.32 Å². The van der Waals surface area contributed by atoms with Crippen molar-refractivity contribution in [1.82, 2.24) is 5.32 Å². The van der Waals surface area contributed by atoms with E-state index in [4.69, 9.17) is 9.47 Å². The molecule has 0 radical (unpaired) electrons. The third-order valence-electron chi connectivity index (χ3n) is 2.92. The minimum Gasteiger partial charge on any atom is -0.489 e. The van der Waals surface area contributed by atoms with Gasteiger partial charge in [0.1, 0.15) is 19.0 Å². The Morgan fingerprint density at radius 3 is 2.45 bits per heavy atom. The number of ether oxygens (including phenoxy) is 2. The van der Waals surface area contributed by atoms with Crippen molar-refractivity contribution in [3.05, 3.63) is 65.7 Å². The number of benzene rings is 2. The third kappa shape index (κ3) is 5.48. The lowest BCUT2D eigenvalue weighted by Gasteiger charge is -2.11. The Kier molecular flexibility index (Phi) is 5.83. The maximum Gasteiger partial charge on any atom is 0.407 e. The number of carbonyl (C=O) groups is 1. The standard InChI is InChI=1S/C18H21NO3/c1-14(2)19-18(20)22-13-16-9-6-10-17(11-16)21-12-15-7-4-3-5-8-15/h3-11,14H,12-13H2,1-2H3,(H,19,20). The lowest BCUT2D eigenvalue weighted by Crippen LogP contribution is -2.30. The zero-order chi connectivity index (χ0) is 15.8. The van der Waals surface area contributed by atoms with Gasteiger partial charge in [-0.15, -0.1) is 0 Å². The smallest absolute Gasteiger partial charge is 0.407 e. The van der Waals surface area contributed by atoms with Crippen molar-refractivity contribution in [3.8, 4) is 5.75 Å². The van der Waals surface area contributed by atoms with Gasteiger partial charge in [-0.05, 0) is 37.1 Å². The lowest BCUT2D eigenvalue weighted by atomic mass is 10.2. The van der Waals surface area contributed by atoms with Crippen LogP contribution in [-0.2, 0) is 18.0 Å². The lowest BCUT2D eigenvalue weighted by molar-refractivity contribution is 0.137. The second-order valence-electron chi connectivity index (χ2n) is 5.30. The maximum absolute atomic E-state index is 11.5. The summed E-state index contributed by atoms with van der Waals surface area (Å²) < 4.78 is 10.9. The molecule has 4 nitrogen and oxygen atoms in total. The monoisotopic (exact) mass is 299 g/mol. The molecule has 2 aromatic rings. The molecule has 22 heavy (non-hydrogen) atoms. The molecule has 1 N–H and O–H groups in total. The molecule has 0 heterocycles. The van der Waals surface area contributed by atoms with Crippen LogP contribution in [-0.4, -0.2) is 12.1 Å². The molecular formula is C18H21NO3. The van der Waals surface area contributed by atoms with E-state index < -0.39 is 6.09 Å². The van der Waals surface area contributed by atoms with Crippen LogP contribution in [0.15, 0.2) is 54.6 Å². The number of amides is 1. The van der Waals surface area contributed by atoms with Gasteiger partial charge in [0.05, 0.1) is 0 Å². The quantitative estimate of drug-likeness (QED) is 0.880. The average molecular weight is 299 g/mol. The second kappa shape index (κ2) is 8.08. The molecular weight excluding hydrogens is 278 g/mol. The summed E-state index contributed by atoms with van der Waals surface area (Å²) in [5, 5.41) is 2.68. The summed E-state index contributed by atoms with van der Waals surface area (Å²) in [6, 6.07) is 17.6. The fraction of sp³-hybridized carbons (Fsp3) is 0.278. The predicted molar refractivity (Wildman–Crippen MR) is 85.7 cm³/mol. The molecule has 0 saturated carbocycles. The van der Waals surface area contributed by atoms with Gasteiger partial charge in [-0.25, -0.2) is 4.79 Å². The highest BCUT2D eigenvalue weighted by molar-refractivity contribution is 5.67. The van der Waals surface area contributed by atoms with Crippen LogP contribution in [0.1, 0.15) is 25.0 Å². The molecule has 0 fully saturated rings. The second-order valence-corrected chi connectivity index (χ2v) is 5.30. The molecule has 0 aliphatic rings. The van der Waals surface area contributed by atoms with Gasteiger partial charge < -0.3 is 14.8 Å². The van der Waals surface area contributed by atoms with Crippen molar-refractivity contribution in [3.63, 3.8) is 0 Å². The van der Waals surface area contributed by atoms with E-state index in [9.17, 15) is 4.79 Å². The van der Waals surface area contributed by atoms with Crippen molar-refractivity contribution in [1.29, 1.82) is 0 Å². The van der Waals surface area contributed by atoms with Crippen LogP contribution in [0.25, 0.3) is 0 Å². The van der Waals surface area contributed by atoms with Crippen molar-refractivity contribution < 1.29 is 14.3 Å². The van der Waals surface area contributed by atoms with Crippen LogP contribution in [0.5, 0.6) is 5.75 Å². The summed E-state index contributed by atoms with van der Waals surface area (Å²) in [7, 11) is 0. The zero-order valence-electron chi connectivity index (χ0n) is 12.9. The van der Waals surface area contributed by atoms with Crippen molar-refractivity contribution >= 4 is 6.09 Å². The molecule has 2 rings (SSSR count). The van der Waals surface area contributed by atoms with Crippen LogP contribution in [0, 0.1) is 0 Å². The van der Waals surface area contributed by atoms with Crippen LogP contribution < -0.4 is 10.1 Å². The first-order chi connectivity index (χ1) is 10.6. The average Bonchev–Trinajstić information content (AvgIpc) is 2.52. The molecule has 0 aliphatic heterocycles. The topological polar surface area (TPSA) is 47.6 Å². The Hall–Kier alpha value is -2.49. The van der Waals surface area contributed by atoms with Gasteiger partial charge in [0.25, 0.3) is 0 Å². The maximum atomic E-state index is 11.5. The van der Waals surface area contributed by atoms with Gasteiger partial charge in [0.2, 0.25) is 0 Å². The Bertz CT molecular complexity index is 596. The largest absolute Gasteiger partial charge is 0.489 e. The Morgan fingerprint density at radius 1 is 1.00 bits per heavy atom. The first-order valence-corrected chi connectivity index (χ1v) is 7.32. The van der Waals surface area contributed by atoms with Crippen LogP contribution in [0.3, 0.4) is 0 Å². The van der Waals surface area contributed by atoms with Gasteiger partial charge in [0, 0.05) is 6.04 Å². The van der Waals surface area contributed by atoms with Gasteiger partial charge in [-0.3, -0.25) is 0 Å². The number of nitrogens with one attached hydrogen (secondary N) is 1. The number of hydrogen-bond donors (Lipinski definition) is 1. The van der Waals surface area contributed by atoms with Crippen LogP contribution in [0.2, 0.25) is 0 Å². The highest BCUT2D eigenvalue weighted by Crippen LogP contribution is 2.16. The highest BCUT2D eigenvalue weighted by Gasteiger charge is 2.05. The third-order valence-corrected chi connectivity index (χ3v) is 2.92. The highest BCUT2D eigenvalue weighted by atomic mass is 16.5. The number of hydrogen-bond acceptors (Lipinski definition) is 3. The molecule has 0 unspecified atom stereocenters. The van der Waals surface area contributed by atoms with Crippen molar-refractivity contribution in [2.45, 2.75) is 33.1 Å². The Balaban J connectivity index is 1.86. The molecule has 0 saturated heterocycles. The molecule has 0 aromatic heterocycles. The molecule has 116 valence electrons. The molecule has 0 bridgehead atoms. The zero-order valence-corrected chi connectivity index (χ0v) is 12.9. The van der Waals surface area contributed by atoms with E-state index in [0.717, 1.165) is 16.9 Å². The summed E-state index contributed by atoms with van der Waals surface area (Å²) in [5.41, 5.74) is 2.00. The minimum absolute atomic E-state index is 0.0630. The molecule has 0 aliphatic carbocycles. The fourth-order valence-electron chi connectivity index (χ4n) is 1.89. The first-order valence-electron chi connectivity index (χ1n) is 7.32. The van der Waals surface area contributed by atoms with Crippen molar-refractivity contribution in [2.75, 3.05) is 0 Å². The summed E-state index contributed by atoms with van der Waals surface area (Å²) in [4.78, 5) is 11.5. The van der Waals surface area contributed by atoms with E-state index in [1.165, 1.54) is 0 Å². The normalized spacial score (nSPS) is 10.3. The van der Waals surface area contributed by atoms with Crippen LogP contribution >= 0.6 is 0 Å². The fourth-order valence-corrected chi connectivity index (χ4v) is 1.89. The summed E-state index contributed by atoms with van der Waals surface area (Å²) in [5.74, 6) is 0.759. The molecule has 0 atom stereocenters. The van der Waals surface area contributed by atoms with E-state index in [-0.39, 0.29) is 12.6 Å². The molecule has 0 spiro atoms. The number of carbonyl (C=O) groups excluding carboxylic acids is 1. The molecule has 4 heteroatoms. The van der Waals surface area contributed by atoms with Gasteiger partial charge in [0.15, 0.2) is 0 Å². The van der Waals surface area contributed by atoms with E-state index in [1.807, 2.05) is 68.4 Å². The predicted octanol–water partition coefficient (Wildman–Crippen LogP) is 3.90. The summed E-state index contributed by atoms with van der Waals surface area (Å²) in [6.45, 7) is 4.51. The van der Waals surface area contributed by atoms with E-state index in [1.54, 1.807) is 0 Å². The number of alkyl carbamates (subject to hydrolysis) is 1. The van der Waals surface area contributed by atoms with Gasteiger partial charge >= 0.3 is 6.09 Å². The number of rotatable bonds is 6. The summed E-state index contributed by atoms with van der Waals surface area (Å²) >= 11 is 0. The first kappa shape index (κ1) is 15.9. The Morgan fingerprint density at radius 2 is 1.73 bits per heavy atom. The minimum atomic E-state index is -0.411. The molecule has 1 amide bonds. The van der Waals surface area contributed by atoms with Gasteiger partial charge in [-0.2, -0.15) is 0 Å². The SMILES string of the molecule is CC(C)NC(=O)OCc1cccc(OCc2ccccc2)c1. The summed E-state index contributed by atoms with van der Waals surface area (Å²) in [6.07, 6.45) is -0.411. The van der Waals surface area contributed by atoms with Crippen LogP contribution in [0.4, 0.5) is 4.79 Å².